The average Bonchev–Trinajstić information content (AvgIpc) is 2.46. The molecule has 0 spiro atoms. The number of nitrogen functional groups attached to an aromatic ring is 1. The quantitative estimate of drug-likeness (QED) is 0.683. The Morgan fingerprint density at radius 1 is 1.21 bits per heavy atom. The molecule has 0 heterocycles. The molecule has 0 aliphatic carbocycles. The summed E-state index contributed by atoms with van der Waals surface area (Å²) in [5.74, 6) is 1.62. The molecule has 4 heteroatoms. The highest BCUT2D eigenvalue weighted by Crippen LogP contribution is 2.33. The summed E-state index contributed by atoms with van der Waals surface area (Å²) >= 11 is 1.68. The van der Waals surface area contributed by atoms with Gasteiger partial charge in [-0.05, 0) is 29.8 Å². The van der Waals surface area contributed by atoms with E-state index in [0.29, 0.717) is 11.3 Å². The van der Waals surface area contributed by atoms with Gasteiger partial charge >= 0.3 is 0 Å². The molecule has 0 fully saturated rings. The van der Waals surface area contributed by atoms with Crippen LogP contribution >= 0.6 is 11.8 Å². The molecule has 0 unspecified atom stereocenters. The molecule has 2 aromatic rings. The Balaban J connectivity index is 2.07. The molecule has 0 radical (unpaired) electrons. The summed E-state index contributed by atoms with van der Waals surface area (Å²) in [6, 6.07) is 15.4. The summed E-state index contributed by atoms with van der Waals surface area (Å²) in [6.45, 7) is 0. The zero-order valence-corrected chi connectivity index (χ0v) is 11.4. The Kier molecular flexibility index (Phi) is 4.32. The number of hydrogen-bond donors (Lipinski definition) is 1. The number of methoxy groups -OCH3 is 1. The van der Waals surface area contributed by atoms with Gasteiger partial charge in [0.1, 0.15) is 5.75 Å². The van der Waals surface area contributed by atoms with Gasteiger partial charge in [0.2, 0.25) is 0 Å². The molecule has 0 atom stereocenters. The predicted octanol–water partition coefficient (Wildman–Crippen LogP) is 3.44. The van der Waals surface area contributed by atoms with E-state index in [1.54, 1.807) is 18.9 Å². The molecule has 2 N–H and O–H groups in total. The van der Waals surface area contributed by atoms with E-state index in [0.717, 1.165) is 16.4 Å². The summed E-state index contributed by atoms with van der Waals surface area (Å²) in [5, 5.41) is 8.75. The van der Waals surface area contributed by atoms with Crippen molar-refractivity contribution in [2.75, 3.05) is 12.8 Å². The zero-order valence-electron chi connectivity index (χ0n) is 10.6. The lowest BCUT2D eigenvalue weighted by atomic mass is 10.2. The first-order valence-corrected chi connectivity index (χ1v) is 6.77. The summed E-state index contributed by atoms with van der Waals surface area (Å²) in [7, 11) is 1.64. The molecule has 19 heavy (non-hydrogen) atoms. The maximum absolute atomic E-state index is 8.75. The normalized spacial score (nSPS) is 9.89. The van der Waals surface area contributed by atoms with Gasteiger partial charge < -0.3 is 10.5 Å². The molecular weight excluding hydrogens is 256 g/mol. The van der Waals surface area contributed by atoms with E-state index in [-0.39, 0.29) is 0 Å². The number of anilines is 1. The van der Waals surface area contributed by atoms with E-state index in [9.17, 15) is 0 Å². The summed E-state index contributed by atoms with van der Waals surface area (Å²) in [4.78, 5) is 1.06. The number of nitrogens with two attached hydrogens (primary N) is 1. The van der Waals surface area contributed by atoms with Crippen LogP contribution in [0.3, 0.4) is 0 Å². The minimum absolute atomic E-state index is 0.679. The smallest absolute Gasteiger partial charge is 0.134 e. The number of nitrogens with zero attached hydrogens (tertiary/aromatic N) is 1. The predicted molar refractivity (Wildman–Crippen MR) is 78.1 cm³/mol. The van der Waals surface area contributed by atoms with Crippen LogP contribution in [-0.4, -0.2) is 7.11 Å². The third-order valence-corrected chi connectivity index (χ3v) is 3.79. The number of ether oxygens (including phenoxy) is 1. The van der Waals surface area contributed by atoms with E-state index in [2.05, 4.69) is 6.07 Å². The van der Waals surface area contributed by atoms with E-state index in [1.807, 2.05) is 42.5 Å². The Morgan fingerprint density at radius 3 is 2.58 bits per heavy atom. The van der Waals surface area contributed by atoms with Crippen molar-refractivity contribution in [2.45, 2.75) is 10.6 Å². The number of nitriles is 1. The Hall–Kier alpha value is -2.12. The van der Waals surface area contributed by atoms with Crippen LogP contribution in [-0.2, 0) is 5.75 Å². The highest BCUT2D eigenvalue weighted by molar-refractivity contribution is 7.98. The molecule has 2 rings (SSSR count). The molecule has 0 saturated carbocycles. The molecule has 0 bridgehead atoms. The first-order valence-electron chi connectivity index (χ1n) is 5.78. The van der Waals surface area contributed by atoms with E-state index in [4.69, 9.17) is 15.7 Å². The molecule has 96 valence electrons. The second kappa shape index (κ2) is 6.17. The van der Waals surface area contributed by atoms with Crippen LogP contribution in [0.1, 0.15) is 11.1 Å². The van der Waals surface area contributed by atoms with Crippen molar-refractivity contribution in [1.82, 2.24) is 0 Å². The molecule has 3 nitrogen and oxygen atoms in total. The standard InChI is InChI=1S/C15H14N2OS/c1-18-14-8-13(17)6-7-15(14)19-10-12-4-2-11(9-16)3-5-12/h2-8H,10,17H2,1H3. The van der Waals surface area contributed by atoms with Gasteiger partial charge in [0, 0.05) is 22.4 Å². The number of thioether (sulfide) groups is 1. The first kappa shape index (κ1) is 13.3. The van der Waals surface area contributed by atoms with Crippen molar-refractivity contribution >= 4 is 17.4 Å². The average molecular weight is 270 g/mol. The fourth-order valence-electron chi connectivity index (χ4n) is 1.64. The maximum atomic E-state index is 8.75. The van der Waals surface area contributed by atoms with Crippen molar-refractivity contribution in [3.05, 3.63) is 53.6 Å². The maximum Gasteiger partial charge on any atom is 0.134 e. The topological polar surface area (TPSA) is 59.0 Å². The van der Waals surface area contributed by atoms with Crippen molar-refractivity contribution in [2.24, 2.45) is 0 Å². The minimum Gasteiger partial charge on any atom is -0.496 e. The summed E-state index contributed by atoms with van der Waals surface area (Å²) < 4.78 is 5.31. The van der Waals surface area contributed by atoms with Crippen LogP contribution in [0, 0.1) is 11.3 Å². The van der Waals surface area contributed by atoms with Gasteiger partial charge in [-0.3, -0.25) is 0 Å². The van der Waals surface area contributed by atoms with Gasteiger partial charge in [-0.2, -0.15) is 5.26 Å². The van der Waals surface area contributed by atoms with Crippen molar-refractivity contribution in [3.63, 3.8) is 0 Å². The lowest BCUT2D eigenvalue weighted by Crippen LogP contribution is -1.90. The molecular formula is C15H14N2OS. The van der Waals surface area contributed by atoms with Crippen LogP contribution in [0.25, 0.3) is 0 Å². The second-order valence-electron chi connectivity index (χ2n) is 4.01. The molecule has 0 aliphatic rings. The summed E-state index contributed by atoms with van der Waals surface area (Å²) in [6.07, 6.45) is 0. The fourth-order valence-corrected chi connectivity index (χ4v) is 2.60. The van der Waals surface area contributed by atoms with E-state index >= 15 is 0 Å². The van der Waals surface area contributed by atoms with Crippen molar-refractivity contribution in [3.8, 4) is 11.8 Å². The minimum atomic E-state index is 0.679. The fraction of sp³-hybridized carbons (Fsp3) is 0.133. The number of benzene rings is 2. The van der Waals surface area contributed by atoms with Gasteiger partial charge in [-0.1, -0.05) is 12.1 Å². The van der Waals surface area contributed by atoms with Crippen LogP contribution in [0.2, 0.25) is 0 Å². The monoisotopic (exact) mass is 270 g/mol. The van der Waals surface area contributed by atoms with Gasteiger partial charge in [0.25, 0.3) is 0 Å². The van der Waals surface area contributed by atoms with Crippen molar-refractivity contribution < 1.29 is 4.74 Å². The molecule has 2 aromatic carbocycles. The third kappa shape index (κ3) is 3.43. The first-order chi connectivity index (χ1) is 9.22. The van der Waals surface area contributed by atoms with Gasteiger partial charge in [0.05, 0.1) is 18.7 Å². The second-order valence-corrected chi connectivity index (χ2v) is 5.02. The van der Waals surface area contributed by atoms with Crippen LogP contribution < -0.4 is 10.5 Å². The van der Waals surface area contributed by atoms with Crippen molar-refractivity contribution in [1.29, 1.82) is 5.26 Å². The van der Waals surface area contributed by atoms with E-state index in [1.165, 1.54) is 5.56 Å². The Labute approximate surface area is 117 Å². The molecule has 0 aromatic heterocycles. The largest absolute Gasteiger partial charge is 0.496 e. The Bertz CT molecular complexity index is 603. The highest BCUT2D eigenvalue weighted by atomic mass is 32.2. The van der Waals surface area contributed by atoms with Gasteiger partial charge in [0.15, 0.2) is 0 Å². The SMILES string of the molecule is COc1cc(N)ccc1SCc1ccc(C#N)cc1. The van der Waals surface area contributed by atoms with E-state index < -0.39 is 0 Å². The Morgan fingerprint density at radius 2 is 1.95 bits per heavy atom. The molecule has 0 amide bonds. The molecule has 0 aliphatic heterocycles. The van der Waals surface area contributed by atoms with Crippen LogP contribution in [0.4, 0.5) is 5.69 Å². The van der Waals surface area contributed by atoms with Gasteiger partial charge in [-0.15, -0.1) is 11.8 Å². The zero-order chi connectivity index (χ0) is 13.7. The van der Waals surface area contributed by atoms with Crippen LogP contribution in [0.15, 0.2) is 47.4 Å². The van der Waals surface area contributed by atoms with Gasteiger partial charge in [-0.25, -0.2) is 0 Å². The highest BCUT2D eigenvalue weighted by Gasteiger charge is 2.04. The lowest BCUT2D eigenvalue weighted by molar-refractivity contribution is 0.405. The van der Waals surface area contributed by atoms with Crippen LogP contribution in [0.5, 0.6) is 5.75 Å². The lowest BCUT2D eigenvalue weighted by Gasteiger charge is -2.09. The summed E-state index contributed by atoms with van der Waals surface area (Å²) in [5.41, 5.74) is 8.27. The molecule has 0 saturated heterocycles. The number of hydrogen-bond acceptors (Lipinski definition) is 4. The third-order valence-electron chi connectivity index (χ3n) is 2.67. The number of rotatable bonds is 4.